The highest BCUT2D eigenvalue weighted by Crippen LogP contribution is 2.36. The van der Waals surface area contributed by atoms with Gasteiger partial charge in [-0.15, -0.1) is 0 Å². The van der Waals surface area contributed by atoms with Gasteiger partial charge in [0.1, 0.15) is 11.6 Å². The molecular formula is C16H22BrF2N. The van der Waals surface area contributed by atoms with Crippen LogP contribution in [0.3, 0.4) is 0 Å². The van der Waals surface area contributed by atoms with Crippen molar-refractivity contribution in [3.05, 3.63) is 33.8 Å². The predicted octanol–water partition coefficient (Wildman–Crippen LogP) is 5.14. The van der Waals surface area contributed by atoms with Gasteiger partial charge in [-0.25, -0.2) is 8.78 Å². The lowest BCUT2D eigenvalue weighted by Crippen LogP contribution is -2.35. The van der Waals surface area contributed by atoms with Gasteiger partial charge in [0, 0.05) is 17.5 Å². The number of hydrogen-bond donors (Lipinski definition) is 1. The molecule has 2 unspecified atom stereocenters. The van der Waals surface area contributed by atoms with Crippen LogP contribution in [-0.4, -0.2) is 12.6 Å². The van der Waals surface area contributed by atoms with Crippen LogP contribution < -0.4 is 5.32 Å². The van der Waals surface area contributed by atoms with E-state index in [1.165, 1.54) is 12.1 Å². The van der Waals surface area contributed by atoms with Gasteiger partial charge in [-0.1, -0.05) is 26.2 Å². The van der Waals surface area contributed by atoms with Crippen LogP contribution >= 0.6 is 15.9 Å². The molecule has 1 aromatic rings. The molecule has 0 radical (unpaired) electrons. The molecule has 0 bridgehead atoms. The molecule has 1 saturated carbocycles. The first kappa shape index (κ1) is 15.9. The molecule has 2 atom stereocenters. The fraction of sp³-hybridized carbons (Fsp3) is 0.625. The first-order valence-electron chi connectivity index (χ1n) is 7.52. The molecule has 20 heavy (non-hydrogen) atoms. The zero-order chi connectivity index (χ0) is 14.5. The van der Waals surface area contributed by atoms with E-state index in [1.807, 2.05) is 0 Å². The smallest absolute Gasteiger partial charge is 0.143 e. The number of benzene rings is 1. The Kier molecular flexibility index (Phi) is 5.97. The zero-order valence-corrected chi connectivity index (χ0v) is 13.5. The van der Waals surface area contributed by atoms with E-state index in [0.717, 1.165) is 45.1 Å². The Bertz CT molecular complexity index is 450. The molecule has 1 aliphatic rings. The summed E-state index contributed by atoms with van der Waals surface area (Å²) in [5.74, 6) is -0.914. The largest absolute Gasteiger partial charge is 0.313 e. The Morgan fingerprint density at radius 2 is 1.95 bits per heavy atom. The average Bonchev–Trinajstić information content (AvgIpc) is 2.67. The minimum atomic E-state index is -0.430. The lowest BCUT2D eigenvalue weighted by Gasteiger charge is -2.27. The van der Waals surface area contributed by atoms with Gasteiger partial charge in [0.15, 0.2) is 0 Å². The average molecular weight is 346 g/mol. The van der Waals surface area contributed by atoms with Crippen molar-refractivity contribution in [2.75, 3.05) is 6.54 Å². The van der Waals surface area contributed by atoms with Crippen LogP contribution in [0.15, 0.2) is 16.6 Å². The molecule has 1 fully saturated rings. The maximum absolute atomic E-state index is 14.4. The highest BCUT2D eigenvalue weighted by molar-refractivity contribution is 9.10. The lowest BCUT2D eigenvalue weighted by molar-refractivity contribution is 0.387. The van der Waals surface area contributed by atoms with Crippen LogP contribution in [0.2, 0.25) is 0 Å². The molecule has 112 valence electrons. The molecule has 0 amide bonds. The van der Waals surface area contributed by atoms with Crippen LogP contribution in [-0.2, 0) is 0 Å². The standard InChI is InChI=1S/C16H22BrF2N/c1-2-10-20-14-7-5-3-4-6-11(14)15-13(18)9-8-12(17)16(15)19/h8-9,11,14,20H,2-7,10H2,1H3. The van der Waals surface area contributed by atoms with E-state index in [-0.39, 0.29) is 17.5 Å². The molecule has 0 spiro atoms. The second-order valence-electron chi connectivity index (χ2n) is 5.56. The third kappa shape index (κ3) is 3.59. The first-order valence-corrected chi connectivity index (χ1v) is 8.31. The number of halogens is 3. The SMILES string of the molecule is CCCNC1CCCCCC1c1c(F)ccc(Br)c1F. The summed E-state index contributed by atoms with van der Waals surface area (Å²) in [6.07, 6.45) is 6.21. The summed E-state index contributed by atoms with van der Waals surface area (Å²) in [7, 11) is 0. The molecule has 1 aromatic carbocycles. The summed E-state index contributed by atoms with van der Waals surface area (Å²) >= 11 is 3.18. The topological polar surface area (TPSA) is 12.0 Å². The van der Waals surface area contributed by atoms with Crippen LogP contribution in [0, 0.1) is 11.6 Å². The Morgan fingerprint density at radius 3 is 2.70 bits per heavy atom. The van der Waals surface area contributed by atoms with Crippen molar-refractivity contribution in [1.82, 2.24) is 5.32 Å². The monoisotopic (exact) mass is 345 g/mol. The normalized spacial score (nSPS) is 23.6. The van der Waals surface area contributed by atoms with Crippen molar-refractivity contribution in [3.8, 4) is 0 Å². The summed E-state index contributed by atoms with van der Waals surface area (Å²) in [4.78, 5) is 0. The Balaban J connectivity index is 2.32. The molecular weight excluding hydrogens is 324 g/mol. The lowest BCUT2D eigenvalue weighted by atomic mass is 9.86. The van der Waals surface area contributed by atoms with Crippen LogP contribution in [0.1, 0.15) is 56.9 Å². The molecule has 0 aliphatic heterocycles. The molecule has 0 aromatic heterocycles. The van der Waals surface area contributed by atoms with Crippen molar-refractivity contribution in [2.45, 2.75) is 57.4 Å². The predicted molar refractivity (Wildman–Crippen MR) is 82.0 cm³/mol. The minimum Gasteiger partial charge on any atom is -0.313 e. The van der Waals surface area contributed by atoms with Crippen molar-refractivity contribution in [1.29, 1.82) is 0 Å². The maximum Gasteiger partial charge on any atom is 0.143 e. The molecule has 1 N–H and O–H groups in total. The van der Waals surface area contributed by atoms with Gasteiger partial charge in [0.2, 0.25) is 0 Å². The first-order chi connectivity index (χ1) is 9.65. The second kappa shape index (κ2) is 7.51. The molecule has 2 rings (SSSR count). The van der Waals surface area contributed by atoms with Gasteiger partial charge < -0.3 is 5.32 Å². The van der Waals surface area contributed by atoms with Crippen molar-refractivity contribution >= 4 is 15.9 Å². The van der Waals surface area contributed by atoms with Crippen LogP contribution in [0.4, 0.5) is 8.78 Å². The van der Waals surface area contributed by atoms with E-state index in [9.17, 15) is 8.78 Å². The minimum absolute atomic E-state index is 0.0680. The van der Waals surface area contributed by atoms with Crippen molar-refractivity contribution in [3.63, 3.8) is 0 Å². The highest BCUT2D eigenvalue weighted by Gasteiger charge is 2.30. The van der Waals surface area contributed by atoms with Gasteiger partial charge in [0.05, 0.1) is 4.47 Å². The van der Waals surface area contributed by atoms with Gasteiger partial charge >= 0.3 is 0 Å². The van der Waals surface area contributed by atoms with Crippen LogP contribution in [0.25, 0.3) is 0 Å². The zero-order valence-electron chi connectivity index (χ0n) is 11.9. The number of nitrogens with one attached hydrogen (secondary N) is 1. The molecule has 0 saturated heterocycles. The van der Waals surface area contributed by atoms with E-state index in [0.29, 0.717) is 4.47 Å². The summed E-state index contributed by atoms with van der Waals surface area (Å²) in [5, 5.41) is 3.49. The Labute approximate surface area is 128 Å². The van der Waals surface area contributed by atoms with E-state index in [1.54, 1.807) is 0 Å². The van der Waals surface area contributed by atoms with E-state index in [4.69, 9.17) is 0 Å². The molecule has 1 nitrogen and oxygen atoms in total. The van der Waals surface area contributed by atoms with Gasteiger partial charge in [-0.05, 0) is 53.9 Å². The Morgan fingerprint density at radius 1 is 1.20 bits per heavy atom. The maximum atomic E-state index is 14.4. The second-order valence-corrected chi connectivity index (χ2v) is 6.42. The fourth-order valence-corrected chi connectivity index (χ4v) is 3.46. The summed E-state index contributed by atoms with van der Waals surface area (Å²) < 4.78 is 28.9. The fourth-order valence-electron chi connectivity index (χ4n) is 3.11. The van der Waals surface area contributed by atoms with Crippen LogP contribution in [0.5, 0.6) is 0 Å². The number of rotatable bonds is 4. The quantitative estimate of drug-likeness (QED) is 0.588. The number of hydrogen-bond acceptors (Lipinski definition) is 1. The van der Waals surface area contributed by atoms with Gasteiger partial charge in [-0.2, -0.15) is 0 Å². The van der Waals surface area contributed by atoms with Crippen molar-refractivity contribution < 1.29 is 8.78 Å². The van der Waals surface area contributed by atoms with E-state index < -0.39 is 11.6 Å². The summed E-state index contributed by atoms with van der Waals surface area (Å²) in [6, 6.07) is 2.99. The Hall–Kier alpha value is -0.480. The van der Waals surface area contributed by atoms with E-state index >= 15 is 0 Å². The van der Waals surface area contributed by atoms with E-state index in [2.05, 4.69) is 28.2 Å². The summed E-state index contributed by atoms with van der Waals surface area (Å²) in [5.41, 5.74) is 0.259. The highest BCUT2D eigenvalue weighted by atomic mass is 79.9. The van der Waals surface area contributed by atoms with Crippen molar-refractivity contribution in [2.24, 2.45) is 0 Å². The molecule has 0 heterocycles. The molecule has 1 aliphatic carbocycles. The van der Waals surface area contributed by atoms with Gasteiger partial charge in [-0.3, -0.25) is 0 Å². The third-order valence-electron chi connectivity index (χ3n) is 4.12. The third-order valence-corrected chi connectivity index (χ3v) is 4.74. The summed E-state index contributed by atoms with van der Waals surface area (Å²) in [6.45, 7) is 3.01. The van der Waals surface area contributed by atoms with Gasteiger partial charge in [0.25, 0.3) is 0 Å². The molecule has 4 heteroatoms.